The van der Waals surface area contributed by atoms with Crippen molar-refractivity contribution in [2.24, 2.45) is 0 Å². The molecule has 0 amide bonds. The number of anilines is 1. The third kappa shape index (κ3) is 3.57. The molecule has 0 radical (unpaired) electrons. The summed E-state index contributed by atoms with van der Waals surface area (Å²) < 4.78 is 13.3. The Morgan fingerprint density at radius 2 is 1.78 bits per heavy atom. The SMILES string of the molecule is CC=O.CNc1nc2ccc(B3OC(C)(C)C(C)(C)O3)cc2s1. The Labute approximate surface area is 141 Å². The molecule has 1 aromatic heterocycles. The van der Waals surface area contributed by atoms with Gasteiger partial charge < -0.3 is 19.4 Å². The Morgan fingerprint density at radius 1 is 1.22 bits per heavy atom. The predicted molar refractivity (Wildman–Crippen MR) is 96.6 cm³/mol. The minimum absolute atomic E-state index is 0.309. The van der Waals surface area contributed by atoms with Crippen LogP contribution in [0.3, 0.4) is 0 Å². The van der Waals surface area contributed by atoms with Crippen LogP contribution in [0.25, 0.3) is 10.2 Å². The molecule has 2 aromatic rings. The van der Waals surface area contributed by atoms with Gasteiger partial charge in [-0.05, 0) is 52.2 Å². The number of nitrogens with zero attached hydrogens (tertiary/aromatic N) is 1. The molecule has 1 saturated heterocycles. The van der Waals surface area contributed by atoms with Gasteiger partial charge in [-0.25, -0.2) is 4.98 Å². The van der Waals surface area contributed by atoms with Gasteiger partial charge in [-0.3, -0.25) is 0 Å². The molecular formula is C16H23BN2O3S. The largest absolute Gasteiger partial charge is 0.494 e. The second-order valence-electron chi connectivity index (χ2n) is 6.32. The van der Waals surface area contributed by atoms with E-state index < -0.39 is 0 Å². The normalized spacial score (nSPS) is 18.4. The van der Waals surface area contributed by atoms with Crippen molar-refractivity contribution in [1.82, 2.24) is 4.98 Å². The number of aromatic nitrogens is 1. The predicted octanol–water partition coefficient (Wildman–Crippen LogP) is 2.84. The Morgan fingerprint density at radius 3 is 2.30 bits per heavy atom. The van der Waals surface area contributed by atoms with E-state index in [1.807, 2.05) is 19.2 Å². The smallest absolute Gasteiger partial charge is 0.399 e. The fourth-order valence-corrected chi connectivity index (χ4v) is 3.04. The zero-order valence-corrected chi connectivity index (χ0v) is 15.3. The van der Waals surface area contributed by atoms with Crippen molar-refractivity contribution >= 4 is 45.6 Å². The maximum atomic E-state index is 8.81. The third-order valence-electron chi connectivity index (χ3n) is 4.15. The summed E-state index contributed by atoms with van der Waals surface area (Å²) in [6.45, 7) is 9.71. The number of hydrogen-bond acceptors (Lipinski definition) is 6. The summed E-state index contributed by atoms with van der Waals surface area (Å²) >= 11 is 1.64. The lowest BCUT2D eigenvalue weighted by Gasteiger charge is -2.32. The first-order valence-corrected chi connectivity index (χ1v) is 8.39. The first-order chi connectivity index (χ1) is 10.7. The van der Waals surface area contributed by atoms with E-state index in [2.05, 4.69) is 44.1 Å². The summed E-state index contributed by atoms with van der Waals surface area (Å²) in [5.74, 6) is 0. The molecule has 3 rings (SSSR count). The van der Waals surface area contributed by atoms with Gasteiger partial charge in [0.1, 0.15) is 6.29 Å². The molecule has 7 heteroatoms. The van der Waals surface area contributed by atoms with Crippen LogP contribution < -0.4 is 10.8 Å². The number of thiazole rings is 1. The summed E-state index contributed by atoms with van der Waals surface area (Å²) in [4.78, 5) is 13.3. The molecule has 5 nitrogen and oxygen atoms in total. The highest BCUT2D eigenvalue weighted by molar-refractivity contribution is 7.22. The number of benzene rings is 1. The van der Waals surface area contributed by atoms with Crippen LogP contribution in [-0.2, 0) is 14.1 Å². The van der Waals surface area contributed by atoms with E-state index in [9.17, 15) is 0 Å². The van der Waals surface area contributed by atoms with Crippen LogP contribution in [0.1, 0.15) is 34.6 Å². The lowest BCUT2D eigenvalue weighted by molar-refractivity contribution is -0.106. The fraction of sp³-hybridized carbons (Fsp3) is 0.500. The minimum Gasteiger partial charge on any atom is -0.399 e. The molecule has 124 valence electrons. The number of aldehydes is 1. The summed E-state index contributed by atoms with van der Waals surface area (Å²) in [6.07, 6.45) is 0.750. The van der Waals surface area contributed by atoms with E-state index in [0.717, 1.165) is 27.1 Å². The second kappa shape index (κ2) is 6.59. The lowest BCUT2D eigenvalue weighted by atomic mass is 9.79. The Hall–Kier alpha value is -1.44. The van der Waals surface area contributed by atoms with Crippen LogP contribution in [0.15, 0.2) is 18.2 Å². The van der Waals surface area contributed by atoms with E-state index >= 15 is 0 Å². The molecule has 1 aliphatic rings. The first-order valence-electron chi connectivity index (χ1n) is 7.57. The van der Waals surface area contributed by atoms with Crippen LogP contribution in [-0.4, -0.2) is 36.6 Å². The second-order valence-corrected chi connectivity index (χ2v) is 7.35. The molecule has 1 fully saturated rings. The van der Waals surface area contributed by atoms with Gasteiger partial charge in [0, 0.05) is 7.05 Å². The molecule has 0 unspecified atom stereocenters. The summed E-state index contributed by atoms with van der Waals surface area (Å²) in [5.41, 5.74) is 1.43. The number of carbonyl (C=O) groups excluding carboxylic acids is 1. The average Bonchev–Trinajstić information content (AvgIpc) is 2.97. The number of carbonyl (C=O) groups is 1. The van der Waals surface area contributed by atoms with Crippen molar-refractivity contribution in [1.29, 1.82) is 0 Å². The quantitative estimate of drug-likeness (QED) is 0.676. The zero-order valence-electron chi connectivity index (χ0n) is 14.5. The van der Waals surface area contributed by atoms with Crippen molar-refractivity contribution in [2.45, 2.75) is 45.8 Å². The Bertz CT molecular complexity index is 684. The van der Waals surface area contributed by atoms with Gasteiger partial charge in [-0.15, -0.1) is 0 Å². The standard InChI is InChI=1S/C14H19BN2O2S.C2H4O/c1-13(2)14(3,4)19-15(18-13)9-6-7-10-11(8-9)20-12(16-5)17-10;1-2-3/h6-8H,1-5H3,(H,16,17);2H,1H3. The molecule has 0 saturated carbocycles. The molecule has 0 spiro atoms. The van der Waals surface area contributed by atoms with Gasteiger partial charge >= 0.3 is 7.12 Å². The highest BCUT2D eigenvalue weighted by Crippen LogP contribution is 2.36. The van der Waals surface area contributed by atoms with E-state index in [-0.39, 0.29) is 18.3 Å². The number of fused-ring (bicyclic) bond motifs is 1. The zero-order chi connectivity index (χ0) is 17.3. The van der Waals surface area contributed by atoms with E-state index in [1.165, 1.54) is 6.92 Å². The van der Waals surface area contributed by atoms with Crippen molar-refractivity contribution < 1.29 is 14.1 Å². The van der Waals surface area contributed by atoms with Crippen LogP contribution in [0.2, 0.25) is 0 Å². The van der Waals surface area contributed by atoms with Gasteiger partial charge in [0.2, 0.25) is 0 Å². The van der Waals surface area contributed by atoms with Gasteiger partial charge in [-0.1, -0.05) is 17.4 Å². The van der Waals surface area contributed by atoms with Crippen LogP contribution >= 0.6 is 11.3 Å². The summed E-state index contributed by atoms with van der Waals surface area (Å²) in [5, 5.41) is 4.00. The molecule has 0 atom stereocenters. The third-order valence-corrected chi connectivity index (χ3v) is 5.19. The lowest BCUT2D eigenvalue weighted by Crippen LogP contribution is -2.41. The van der Waals surface area contributed by atoms with Crippen LogP contribution in [0.5, 0.6) is 0 Å². The van der Waals surface area contributed by atoms with E-state index in [0.29, 0.717) is 0 Å². The molecule has 1 N–H and O–H groups in total. The average molecular weight is 334 g/mol. The molecular weight excluding hydrogens is 311 g/mol. The van der Waals surface area contributed by atoms with Crippen molar-refractivity contribution in [3.05, 3.63) is 18.2 Å². The van der Waals surface area contributed by atoms with E-state index in [1.54, 1.807) is 11.3 Å². The van der Waals surface area contributed by atoms with Crippen LogP contribution in [0.4, 0.5) is 5.13 Å². The highest BCUT2D eigenvalue weighted by Gasteiger charge is 2.51. The highest BCUT2D eigenvalue weighted by atomic mass is 32.1. The maximum Gasteiger partial charge on any atom is 0.494 e. The monoisotopic (exact) mass is 334 g/mol. The minimum atomic E-state index is -0.315. The Kier molecular flexibility index (Phi) is 5.13. The Balaban J connectivity index is 0.000000595. The van der Waals surface area contributed by atoms with Crippen LogP contribution in [0, 0.1) is 0 Å². The topological polar surface area (TPSA) is 60.5 Å². The number of rotatable bonds is 2. The molecule has 0 bridgehead atoms. The molecule has 1 aliphatic heterocycles. The van der Waals surface area contributed by atoms with Crippen molar-refractivity contribution in [3.63, 3.8) is 0 Å². The van der Waals surface area contributed by atoms with Crippen molar-refractivity contribution in [3.8, 4) is 0 Å². The summed E-state index contributed by atoms with van der Waals surface area (Å²) in [6, 6.07) is 6.16. The maximum absolute atomic E-state index is 8.81. The molecule has 0 aliphatic carbocycles. The molecule has 2 heterocycles. The van der Waals surface area contributed by atoms with Gasteiger partial charge in [0.25, 0.3) is 0 Å². The number of hydrogen-bond donors (Lipinski definition) is 1. The fourth-order valence-electron chi connectivity index (χ4n) is 2.17. The van der Waals surface area contributed by atoms with Gasteiger partial charge in [0.05, 0.1) is 21.4 Å². The van der Waals surface area contributed by atoms with Crippen molar-refractivity contribution in [2.75, 3.05) is 12.4 Å². The van der Waals surface area contributed by atoms with E-state index in [4.69, 9.17) is 14.1 Å². The summed E-state index contributed by atoms with van der Waals surface area (Å²) in [7, 11) is 1.57. The molecule has 23 heavy (non-hydrogen) atoms. The number of nitrogens with one attached hydrogen (secondary N) is 1. The van der Waals surface area contributed by atoms with Gasteiger partial charge in [0.15, 0.2) is 5.13 Å². The molecule has 1 aromatic carbocycles. The van der Waals surface area contributed by atoms with Gasteiger partial charge in [-0.2, -0.15) is 0 Å². The first kappa shape index (κ1) is 17.9.